The molecule has 3 aromatic rings. The van der Waals surface area contributed by atoms with Crippen LogP contribution < -0.4 is 5.32 Å². The first-order valence-electron chi connectivity index (χ1n) is 15.4. The first kappa shape index (κ1) is 35.5. The molecule has 0 aromatic heterocycles. The van der Waals surface area contributed by atoms with Crippen molar-refractivity contribution in [1.82, 2.24) is 5.32 Å². The molecule has 0 spiro atoms. The number of hydrogen-bond acceptors (Lipinski definition) is 7. The molecule has 242 valence electrons. The van der Waals surface area contributed by atoms with Crippen molar-refractivity contribution in [2.75, 3.05) is 13.2 Å². The molecule has 1 amide bonds. The molecule has 8 nitrogen and oxygen atoms in total. The Hall–Kier alpha value is -3.95. The van der Waals surface area contributed by atoms with Crippen LogP contribution in [0.4, 0.5) is 4.79 Å². The van der Waals surface area contributed by atoms with Crippen LogP contribution in [0, 0.1) is 0 Å². The van der Waals surface area contributed by atoms with E-state index in [-0.39, 0.29) is 32.2 Å². The van der Waals surface area contributed by atoms with Crippen LogP contribution in [-0.4, -0.2) is 51.0 Å². The molecule has 0 bridgehead atoms. The highest BCUT2D eigenvalue weighted by Gasteiger charge is 2.28. The lowest BCUT2D eigenvalue weighted by atomic mass is 9.96. The zero-order valence-corrected chi connectivity index (χ0v) is 28.3. The van der Waals surface area contributed by atoms with Gasteiger partial charge in [-0.05, 0) is 49.1 Å². The fraction of sp³-hybridized carbons (Fsp3) is 0.417. The molecule has 0 fully saturated rings. The van der Waals surface area contributed by atoms with Crippen molar-refractivity contribution in [3.63, 3.8) is 0 Å². The van der Waals surface area contributed by atoms with Crippen LogP contribution in [0.5, 0.6) is 0 Å². The van der Waals surface area contributed by atoms with Crippen LogP contribution in [0.3, 0.4) is 0 Å². The van der Waals surface area contributed by atoms with Gasteiger partial charge in [0.1, 0.15) is 30.8 Å². The zero-order chi connectivity index (χ0) is 32.9. The molecule has 0 radical (unpaired) electrons. The first-order valence-corrected chi connectivity index (χ1v) is 19.1. The number of amides is 1. The molecular formula is C36H47NO7Si. The molecule has 0 aliphatic heterocycles. The predicted molar refractivity (Wildman–Crippen MR) is 177 cm³/mol. The van der Waals surface area contributed by atoms with E-state index in [2.05, 4.69) is 25.0 Å². The SMILES string of the molecule is CC(C)(C)OC(=O)C(COCC[Si](C)(C)C)c1ccc(C[C@H](NC(=O)OCc2ccccc2)C(=O)OCc2ccccc2)cc1. The number of nitrogens with one attached hydrogen (secondary N) is 1. The summed E-state index contributed by atoms with van der Waals surface area (Å²) >= 11 is 0. The lowest BCUT2D eigenvalue weighted by molar-refractivity contribution is -0.158. The lowest BCUT2D eigenvalue weighted by Crippen LogP contribution is -2.43. The van der Waals surface area contributed by atoms with Crippen LogP contribution in [0.15, 0.2) is 84.9 Å². The van der Waals surface area contributed by atoms with Gasteiger partial charge in [0.25, 0.3) is 0 Å². The summed E-state index contributed by atoms with van der Waals surface area (Å²) in [7, 11) is -1.28. The molecule has 1 N–H and O–H groups in total. The zero-order valence-electron chi connectivity index (χ0n) is 27.3. The third-order valence-electron chi connectivity index (χ3n) is 6.81. The van der Waals surface area contributed by atoms with E-state index in [4.69, 9.17) is 18.9 Å². The van der Waals surface area contributed by atoms with E-state index in [1.807, 2.05) is 106 Å². The molecule has 45 heavy (non-hydrogen) atoms. The summed E-state index contributed by atoms with van der Waals surface area (Å²) in [5, 5.41) is 2.67. The molecule has 2 atom stereocenters. The molecular weight excluding hydrogens is 586 g/mol. The maximum Gasteiger partial charge on any atom is 0.408 e. The number of esters is 2. The van der Waals surface area contributed by atoms with E-state index < -0.39 is 37.7 Å². The molecule has 9 heteroatoms. The van der Waals surface area contributed by atoms with Gasteiger partial charge < -0.3 is 24.3 Å². The normalized spacial score (nSPS) is 12.9. The topological polar surface area (TPSA) is 100 Å². The largest absolute Gasteiger partial charge is 0.459 e. The van der Waals surface area contributed by atoms with Crippen molar-refractivity contribution in [2.45, 2.75) is 83.7 Å². The third-order valence-corrected chi connectivity index (χ3v) is 8.51. The minimum absolute atomic E-state index is 0.0687. The number of ether oxygens (including phenoxy) is 4. The molecule has 3 aromatic carbocycles. The van der Waals surface area contributed by atoms with Crippen molar-refractivity contribution in [1.29, 1.82) is 0 Å². The van der Waals surface area contributed by atoms with Crippen molar-refractivity contribution in [2.24, 2.45) is 0 Å². The number of carbonyl (C=O) groups excluding carboxylic acids is 3. The molecule has 1 unspecified atom stereocenters. The van der Waals surface area contributed by atoms with Crippen molar-refractivity contribution in [3.8, 4) is 0 Å². The Morgan fingerprint density at radius 1 is 0.733 bits per heavy atom. The van der Waals surface area contributed by atoms with E-state index in [9.17, 15) is 14.4 Å². The molecule has 3 rings (SSSR count). The fourth-order valence-corrected chi connectivity index (χ4v) is 5.06. The number of rotatable bonds is 15. The highest BCUT2D eigenvalue weighted by atomic mass is 28.3. The fourth-order valence-electron chi connectivity index (χ4n) is 4.30. The molecule has 0 saturated carbocycles. The minimum Gasteiger partial charge on any atom is -0.459 e. The second kappa shape index (κ2) is 16.9. The highest BCUT2D eigenvalue weighted by Crippen LogP contribution is 2.23. The molecule has 0 aliphatic rings. The molecule has 0 aliphatic carbocycles. The minimum atomic E-state index is -1.28. The smallest absolute Gasteiger partial charge is 0.408 e. The van der Waals surface area contributed by atoms with E-state index in [0.29, 0.717) is 6.61 Å². The van der Waals surface area contributed by atoms with Gasteiger partial charge in [-0.15, -0.1) is 0 Å². The Morgan fingerprint density at radius 3 is 1.82 bits per heavy atom. The van der Waals surface area contributed by atoms with Gasteiger partial charge in [0.2, 0.25) is 0 Å². The van der Waals surface area contributed by atoms with Crippen LogP contribution in [0.2, 0.25) is 25.7 Å². The van der Waals surface area contributed by atoms with Gasteiger partial charge in [-0.25, -0.2) is 9.59 Å². The quantitative estimate of drug-likeness (QED) is 0.0829. The Morgan fingerprint density at radius 2 is 1.29 bits per heavy atom. The third kappa shape index (κ3) is 13.7. The summed E-state index contributed by atoms with van der Waals surface area (Å²) in [6, 6.07) is 26.0. The maximum absolute atomic E-state index is 13.2. The number of benzene rings is 3. The number of hydrogen-bond donors (Lipinski definition) is 1. The maximum atomic E-state index is 13.2. The Labute approximate surface area is 268 Å². The second-order valence-electron chi connectivity index (χ2n) is 13.3. The highest BCUT2D eigenvalue weighted by molar-refractivity contribution is 6.76. The summed E-state index contributed by atoms with van der Waals surface area (Å²) in [6.45, 7) is 13.3. The average molecular weight is 634 g/mol. The average Bonchev–Trinajstić information content (AvgIpc) is 2.98. The summed E-state index contributed by atoms with van der Waals surface area (Å²) in [4.78, 5) is 39.0. The first-order chi connectivity index (χ1) is 21.3. The van der Waals surface area contributed by atoms with Crippen LogP contribution in [-0.2, 0) is 48.2 Å². The van der Waals surface area contributed by atoms with Crippen molar-refractivity contribution < 1.29 is 33.3 Å². The second-order valence-corrected chi connectivity index (χ2v) is 18.9. The number of carbonyl (C=O) groups is 3. The van der Waals surface area contributed by atoms with Gasteiger partial charge in [0, 0.05) is 21.1 Å². The predicted octanol–water partition coefficient (Wildman–Crippen LogP) is 7.05. The van der Waals surface area contributed by atoms with Gasteiger partial charge in [-0.3, -0.25) is 4.79 Å². The van der Waals surface area contributed by atoms with Gasteiger partial charge in [0.15, 0.2) is 0 Å². The van der Waals surface area contributed by atoms with Gasteiger partial charge in [0.05, 0.1) is 6.61 Å². The van der Waals surface area contributed by atoms with Crippen LogP contribution in [0.1, 0.15) is 48.9 Å². The van der Waals surface area contributed by atoms with Crippen molar-refractivity contribution >= 4 is 26.1 Å². The van der Waals surface area contributed by atoms with E-state index in [0.717, 1.165) is 28.3 Å². The monoisotopic (exact) mass is 633 g/mol. The van der Waals surface area contributed by atoms with Crippen LogP contribution in [0.25, 0.3) is 0 Å². The Bertz CT molecular complexity index is 1350. The van der Waals surface area contributed by atoms with Crippen LogP contribution >= 0.6 is 0 Å². The van der Waals surface area contributed by atoms with Gasteiger partial charge in [-0.1, -0.05) is 105 Å². The Kier molecular flexibility index (Phi) is 13.4. The summed E-state index contributed by atoms with van der Waals surface area (Å²) in [5.74, 6) is -1.53. The van der Waals surface area contributed by atoms with Gasteiger partial charge in [-0.2, -0.15) is 0 Å². The van der Waals surface area contributed by atoms with Crippen molar-refractivity contribution in [3.05, 3.63) is 107 Å². The Balaban J connectivity index is 1.72. The molecule has 0 heterocycles. The summed E-state index contributed by atoms with van der Waals surface area (Å²) < 4.78 is 22.6. The summed E-state index contributed by atoms with van der Waals surface area (Å²) in [6.07, 6.45) is -0.560. The van der Waals surface area contributed by atoms with E-state index in [1.165, 1.54) is 0 Å². The summed E-state index contributed by atoms with van der Waals surface area (Å²) in [5.41, 5.74) is 2.55. The number of alkyl carbamates (subject to hydrolysis) is 1. The van der Waals surface area contributed by atoms with E-state index in [1.54, 1.807) is 0 Å². The lowest BCUT2D eigenvalue weighted by Gasteiger charge is -2.25. The standard InChI is InChI=1S/C36H47NO7Si/c1-36(2,3)44-33(38)31(26-41-21-22-45(4,5)6)30-19-17-27(18-20-30)23-32(34(39)42-24-28-13-9-7-10-14-28)37-35(40)43-25-29-15-11-8-12-16-29/h7-20,31-32H,21-26H2,1-6H3,(H,37,40)/t31?,32-/m0/s1. The van der Waals surface area contributed by atoms with Gasteiger partial charge >= 0.3 is 18.0 Å². The molecule has 0 saturated heterocycles. The van der Waals surface area contributed by atoms with E-state index >= 15 is 0 Å².